The average Bonchev–Trinajstić information content (AvgIpc) is 3.60. The van der Waals surface area contributed by atoms with Crippen LogP contribution in [0.5, 0.6) is 17.2 Å². The van der Waals surface area contributed by atoms with Crippen LogP contribution in [0.2, 0.25) is 0 Å². The maximum atomic E-state index is 11.9. The van der Waals surface area contributed by atoms with Gasteiger partial charge in [0.2, 0.25) is 0 Å². The number of benzene rings is 2. The van der Waals surface area contributed by atoms with Crippen molar-refractivity contribution in [1.82, 2.24) is 0 Å². The second-order valence-electron chi connectivity index (χ2n) is 6.33. The van der Waals surface area contributed by atoms with E-state index in [1.54, 1.807) is 30.3 Å². The normalized spacial score (nSPS) is 20.3. The fourth-order valence-electron chi connectivity index (χ4n) is 2.30. The number of hydrogen-bond donors (Lipinski definition) is 0. The first kappa shape index (κ1) is 17.6. The molecular weight excluding hydrogens is 348 g/mol. The third-order valence-electron chi connectivity index (χ3n) is 4.01. The van der Waals surface area contributed by atoms with Gasteiger partial charge in [-0.2, -0.15) is 0 Å². The molecule has 0 saturated carbocycles. The summed E-state index contributed by atoms with van der Waals surface area (Å²) < 4.78 is 26.6. The smallest absolute Gasteiger partial charge is 0.336 e. The van der Waals surface area contributed by atoms with E-state index in [0.717, 1.165) is 30.3 Å². The lowest BCUT2D eigenvalue weighted by atomic mass is 10.2. The summed E-state index contributed by atoms with van der Waals surface area (Å²) in [5, 5.41) is 0. The first-order valence-electron chi connectivity index (χ1n) is 8.83. The molecule has 6 heteroatoms. The van der Waals surface area contributed by atoms with Gasteiger partial charge in [0.15, 0.2) is 0 Å². The van der Waals surface area contributed by atoms with Gasteiger partial charge in [-0.05, 0) is 48.0 Å². The molecule has 140 valence electrons. The molecule has 2 fully saturated rings. The van der Waals surface area contributed by atoms with Gasteiger partial charge in [-0.3, -0.25) is 0 Å². The molecule has 6 nitrogen and oxygen atoms in total. The van der Waals surface area contributed by atoms with Crippen LogP contribution in [0.3, 0.4) is 0 Å². The van der Waals surface area contributed by atoms with E-state index in [2.05, 4.69) is 0 Å². The Morgan fingerprint density at radius 2 is 1.33 bits per heavy atom. The monoisotopic (exact) mass is 368 g/mol. The molecule has 0 bridgehead atoms. The molecule has 2 aliphatic rings. The molecule has 2 aromatic rings. The Kier molecular flexibility index (Phi) is 5.37. The average molecular weight is 368 g/mol. The maximum absolute atomic E-state index is 11.9. The van der Waals surface area contributed by atoms with Gasteiger partial charge >= 0.3 is 5.97 Å². The molecule has 2 unspecified atom stereocenters. The van der Waals surface area contributed by atoms with Crippen LogP contribution in [-0.2, 0) is 14.3 Å². The standard InChI is InChI=1S/C21H20O6/c22-21(27-18-8-6-17(7-9-18)24-12-20-14-26-20)10-3-15-1-4-16(5-2-15)23-11-19-13-25-19/h1-10,19-20H,11-14H2. The van der Waals surface area contributed by atoms with Gasteiger partial charge in [0, 0.05) is 6.08 Å². The Morgan fingerprint density at radius 3 is 1.85 bits per heavy atom. The SMILES string of the molecule is O=C(C=Cc1ccc(OCC2CO2)cc1)Oc1ccc(OCC2CO2)cc1. The first-order valence-corrected chi connectivity index (χ1v) is 8.83. The largest absolute Gasteiger partial charge is 0.491 e. The van der Waals surface area contributed by atoms with Crippen LogP contribution in [0.1, 0.15) is 5.56 Å². The molecule has 2 aliphatic heterocycles. The van der Waals surface area contributed by atoms with Gasteiger partial charge in [0.1, 0.15) is 42.7 Å². The van der Waals surface area contributed by atoms with Crippen LogP contribution < -0.4 is 14.2 Å². The summed E-state index contributed by atoms with van der Waals surface area (Å²) in [6, 6.07) is 14.4. The van der Waals surface area contributed by atoms with Crippen molar-refractivity contribution in [2.45, 2.75) is 12.2 Å². The third-order valence-corrected chi connectivity index (χ3v) is 4.01. The van der Waals surface area contributed by atoms with Crippen LogP contribution in [0, 0.1) is 0 Å². The minimum atomic E-state index is -0.443. The molecule has 0 radical (unpaired) electrons. The van der Waals surface area contributed by atoms with Crippen molar-refractivity contribution < 1.29 is 28.5 Å². The summed E-state index contributed by atoms with van der Waals surface area (Å²) in [7, 11) is 0. The Labute approximate surface area is 157 Å². The topological polar surface area (TPSA) is 69.8 Å². The van der Waals surface area contributed by atoms with E-state index in [9.17, 15) is 4.79 Å². The van der Waals surface area contributed by atoms with E-state index < -0.39 is 5.97 Å². The van der Waals surface area contributed by atoms with E-state index in [1.165, 1.54) is 6.08 Å². The van der Waals surface area contributed by atoms with E-state index in [4.69, 9.17) is 23.7 Å². The van der Waals surface area contributed by atoms with Gasteiger partial charge < -0.3 is 23.7 Å². The number of rotatable bonds is 9. The fraction of sp³-hybridized carbons (Fsp3) is 0.286. The molecule has 0 amide bonds. The summed E-state index contributed by atoms with van der Waals surface area (Å²) in [6.45, 7) is 2.64. The molecular formula is C21H20O6. The Hall–Kier alpha value is -2.83. The van der Waals surface area contributed by atoms with Crippen molar-refractivity contribution in [2.24, 2.45) is 0 Å². The number of esters is 1. The quantitative estimate of drug-likeness (QED) is 0.293. The molecule has 27 heavy (non-hydrogen) atoms. The highest BCUT2D eigenvalue weighted by molar-refractivity contribution is 5.88. The Bertz CT molecular complexity index is 788. The molecule has 2 heterocycles. The molecule has 2 aromatic carbocycles. The second-order valence-corrected chi connectivity index (χ2v) is 6.33. The summed E-state index contributed by atoms with van der Waals surface area (Å²) in [6.07, 6.45) is 3.53. The van der Waals surface area contributed by atoms with E-state index in [-0.39, 0.29) is 12.2 Å². The van der Waals surface area contributed by atoms with Crippen molar-refractivity contribution in [3.05, 3.63) is 60.2 Å². The predicted octanol–water partition coefficient (Wildman–Crippen LogP) is 2.86. The minimum absolute atomic E-state index is 0.209. The summed E-state index contributed by atoms with van der Waals surface area (Å²) in [4.78, 5) is 11.9. The molecule has 0 aliphatic carbocycles. The molecule has 2 saturated heterocycles. The van der Waals surface area contributed by atoms with Gasteiger partial charge in [-0.25, -0.2) is 4.79 Å². The zero-order chi connectivity index (χ0) is 18.5. The van der Waals surface area contributed by atoms with Crippen molar-refractivity contribution in [1.29, 1.82) is 0 Å². The van der Waals surface area contributed by atoms with Crippen LogP contribution >= 0.6 is 0 Å². The summed E-state index contributed by atoms with van der Waals surface area (Å²) in [5.41, 5.74) is 0.882. The van der Waals surface area contributed by atoms with Gasteiger partial charge in [0.25, 0.3) is 0 Å². The van der Waals surface area contributed by atoms with Crippen molar-refractivity contribution in [3.8, 4) is 17.2 Å². The molecule has 4 rings (SSSR count). The van der Waals surface area contributed by atoms with Gasteiger partial charge in [0.05, 0.1) is 13.2 Å². The van der Waals surface area contributed by atoms with Crippen LogP contribution in [0.25, 0.3) is 6.08 Å². The minimum Gasteiger partial charge on any atom is -0.491 e. The zero-order valence-corrected chi connectivity index (χ0v) is 14.7. The van der Waals surface area contributed by atoms with Crippen molar-refractivity contribution in [2.75, 3.05) is 26.4 Å². The van der Waals surface area contributed by atoms with Crippen molar-refractivity contribution >= 4 is 12.0 Å². The van der Waals surface area contributed by atoms with E-state index in [1.807, 2.05) is 24.3 Å². The third kappa shape index (κ3) is 5.84. The molecule has 0 N–H and O–H groups in total. The molecule has 0 spiro atoms. The highest BCUT2D eigenvalue weighted by Crippen LogP contribution is 2.20. The summed E-state index contributed by atoms with van der Waals surface area (Å²) >= 11 is 0. The lowest BCUT2D eigenvalue weighted by Crippen LogP contribution is -2.05. The van der Waals surface area contributed by atoms with Gasteiger partial charge in [-0.1, -0.05) is 12.1 Å². The van der Waals surface area contributed by atoms with Crippen molar-refractivity contribution in [3.63, 3.8) is 0 Å². The first-order chi connectivity index (χ1) is 13.2. The Balaban J connectivity index is 1.23. The fourth-order valence-corrected chi connectivity index (χ4v) is 2.30. The zero-order valence-electron chi connectivity index (χ0n) is 14.7. The highest BCUT2D eigenvalue weighted by Gasteiger charge is 2.23. The van der Waals surface area contributed by atoms with Crippen LogP contribution in [0.4, 0.5) is 0 Å². The van der Waals surface area contributed by atoms with Crippen LogP contribution in [0.15, 0.2) is 54.6 Å². The molecule has 2 atom stereocenters. The highest BCUT2D eigenvalue weighted by atomic mass is 16.6. The number of ether oxygens (including phenoxy) is 5. The Morgan fingerprint density at radius 1 is 0.852 bits per heavy atom. The number of epoxide rings is 2. The second kappa shape index (κ2) is 8.24. The number of hydrogen-bond acceptors (Lipinski definition) is 6. The predicted molar refractivity (Wildman–Crippen MR) is 98.0 cm³/mol. The summed E-state index contributed by atoms with van der Waals surface area (Å²) in [5.74, 6) is 1.52. The number of carbonyl (C=O) groups is 1. The number of carbonyl (C=O) groups excluding carboxylic acids is 1. The lowest BCUT2D eigenvalue weighted by molar-refractivity contribution is -0.128. The molecule has 0 aromatic heterocycles. The van der Waals surface area contributed by atoms with E-state index in [0.29, 0.717) is 19.0 Å². The van der Waals surface area contributed by atoms with E-state index >= 15 is 0 Å². The maximum Gasteiger partial charge on any atom is 0.336 e. The lowest BCUT2D eigenvalue weighted by Gasteiger charge is -2.05. The van der Waals surface area contributed by atoms with Crippen LogP contribution in [-0.4, -0.2) is 44.6 Å². The van der Waals surface area contributed by atoms with Gasteiger partial charge in [-0.15, -0.1) is 0 Å².